The molecule has 0 aliphatic rings. The van der Waals surface area contributed by atoms with Crippen LogP contribution in [0.2, 0.25) is 0 Å². The van der Waals surface area contributed by atoms with Gasteiger partial charge in [-0.25, -0.2) is 13.2 Å². The predicted molar refractivity (Wildman–Crippen MR) is 70.2 cm³/mol. The number of carboxylic acid groups (broad SMARTS) is 1. The molecule has 0 saturated heterocycles. The molecule has 1 rings (SSSR count). The van der Waals surface area contributed by atoms with Gasteiger partial charge >= 0.3 is 5.97 Å². The summed E-state index contributed by atoms with van der Waals surface area (Å²) in [5.74, 6) is -6.30. The number of carbonyl (C=O) groups is 2. The monoisotopic (exact) mass is 303 g/mol. The van der Waals surface area contributed by atoms with Crippen LogP contribution in [0.3, 0.4) is 0 Å². The molecule has 1 amide bonds. The fraction of sp³-hybridized carbons (Fsp3) is 0.429. The van der Waals surface area contributed by atoms with Crippen molar-refractivity contribution in [2.45, 2.75) is 33.1 Å². The highest BCUT2D eigenvalue weighted by Gasteiger charge is 2.37. The van der Waals surface area contributed by atoms with E-state index in [-0.39, 0.29) is 24.9 Å². The first-order valence-electron chi connectivity index (χ1n) is 6.43. The molecule has 116 valence electrons. The van der Waals surface area contributed by atoms with E-state index < -0.39 is 34.7 Å². The molecule has 21 heavy (non-hydrogen) atoms. The third-order valence-corrected chi connectivity index (χ3v) is 3.57. The van der Waals surface area contributed by atoms with Gasteiger partial charge in [0.25, 0.3) is 0 Å². The lowest BCUT2D eigenvalue weighted by atomic mass is 9.79. The van der Waals surface area contributed by atoms with Gasteiger partial charge in [0.05, 0.1) is 5.41 Å². The summed E-state index contributed by atoms with van der Waals surface area (Å²) in [6.45, 7) is 3.28. The van der Waals surface area contributed by atoms with Crippen molar-refractivity contribution in [3.8, 4) is 0 Å². The highest BCUT2D eigenvalue weighted by atomic mass is 19.2. The second kappa shape index (κ2) is 6.60. The molecule has 0 atom stereocenters. The number of halogens is 3. The molecule has 0 bridgehead atoms. The maximum absolute atomic E-state index is 13.0. The van der Waals surface area contributed by atoms with E-state index in [2.05, 4.69) is 5.32 Å². The Bertz CT molecular complexity index is 533. The van der Waals surface area contributed by atoms with Crippen LogP contribution in [0.15, 0.2) is 12.1 Å². The zero-order chi connectivity index (χ0) is 16.2. The van der Waals surface area contributed by atoms with Crippen LogP contribution in [0.5, 0.6) is 0 Å². The molecule has 0 aliphatic carbocycles. The average Bonchev–Trinajstić information content (AvgIpc) is 2.41. The summed E-state index contributed by atoms with van der Waals surface area (Å²) < 4.78 is 38.9. The van der Waals surface area contributed by atoms with E-state index in [0.717, 1.165) is 0 Å². The summed E-state index contributed by atoms with van der Waals surface area (Å²) in [5.41, 5.74) is -1.50. The summed E-state index contributed by atoms with van der Waals surface area (Å²) >= 11 is 0. The van der Waals surface area contributed by atoms with Crippen LogP contribution in [0, 0.1) is 22.9 Å². The summed E-state index contributed by atoms with van der Waals surface area (Å²) in [6.07, 6.45) is 0.132. The molecule has 0 aliphatic heterocycles. The Kier molecular flexibility index (Phi) is 5.34. The normalized spacial score (nSPS) is 11.3. The molecule has 0 fully saturated rings. The first-order valence-corrected chi connectivity index (χ1v) is 6.43. The number of aliphatic carboxylic acids is 1. The summed E-state index contributed by atoms with van der Waals surface area (Å²) in [7, 11) is 0. The van der Waals surface area contributed by atoms with Crippen LogP contribution in [0.4, 0.5) is 18.9 Å². The molecule has 0 spiro atoms. The number of amides is 1. The lowest BCUT2D eigenvalue weighted by Crippen LogP contribution is -2.34. The van der Waals surface area contributed by atoms with Crippen molar-refractivity contribution in [3.05, 3.63) is 29.6 Å². The van der Waals surface area contributed by atoms with Crippen molar-refractivity contribution in [2.24, 2.45) is 5.41 Å². The van der Waals surface area contributed by atoms with Crippen LogP contribution in [0.25, 0.3) is 0 Å². The van der Waals surface area contributed by atoms with Gasteiger partial charge in [-0.1, -0.05) is 13.8 Å². The highest BCUT2D eigenvalue weighted by Crippen LogP contribution is 2.31. The fourth-order valence-corrected chi connectivity index (χ4v) is 2.02. The molecule has 0 heterocycles. The smallest absolute Gasteiger partial charge is 0.310 e. The van der Waals surface area contributed by atoms with Crippen molar-refractivity contribution >= 4 is 17.6 Å². The van der Waals surface area contributed by atoms with Gasteiger partial charge in [-0.2, -0.15) is 0 Å². The van der Waals surface area contributed by atoms with E-state index in [1.54, 1.807) is 13.8 Å². The van der Waals surface area contributed by atoms with Crippen LogP contribution in [-0.4, -0.2) is 17.0 Å². The van der Waals surface area contributed by atoms with Crippen molar-refractivity contribution < 1.29 is 27.9 Å². The van der Waals surface area contributed by atoms with Crippen molar-refractivity contribution in [2.75, 3.05) is 5.32 Å². The van der Waals surface area contributed by atoms with Gasteiger partial charge in [0.15, 0.2) is 17.5 Å². The van der Waals surface area contributed by atoms with Crippen LogP contribution in [-0.2, 0) is 9.59 Å². The number of nitrogens with one attached hydrogen (secondary N) is 1. The quantitative estimate of drug-likeness (QED) is 0.792. The molecular weight excluding hydrogens is 287 g/mol. The maximum atomic E-state index is 13.0. The Labute approximate surface area is 120 Å². The Morgan fingerprint density at radius 1 is 1.14 bits per heavy atom. The topological polar surface area (TPSA) is 66.4 Å². The first-order chi connectivity index (χ1) is 9.75. The Morgan fingerprint density at radius 2 is 1.62 bits per heavy atom. The third-order valence-electron chi connectivity index (χ3n) is 3.57. The van der Waals surface area contributed by atoms with Gasteiger partial charge in [0.1, 0.15) is 0 Å². The molecular formula is C14H16F3NO3. The minimum Gasteiger partial charge on any atom is -0.481 e. The summed E-state index contributed by atoms with van der Waals surface area (Å²) in [4.78, 5) is 23.1. The molecule has 7 heteroatoms. The largest absolute Gasteiger partial charge is 0.481 e. The summed E-state index contributed by atoms with van der Waals surface area (Å²) in [6, 6.07) is 1.27. The number of carbonyl (C=O) groups excluding carboxylic acids is 1. The molecule has 1 aromatic carbocycles. The molecule has 0 aromatic heterocycles. The highest BCUT2D eigenvalue weighted by molar-refractivity contribution is 5.94. The fourth-order valence-electron chi connectivity index (χ4n) is 2.02. The first kappa shape index (κ1) is 17.0. The average molecular weight is 303 g/mol. The number of carboxylic acids is 1. The molecule has 1 aromatic rings. The number of hydrogen-bond acceptors (Lipinski definition) is 2. The van der Waals surface area contributed by atoms with Gasteiger partial charge in [0, 0.05) is 24.2 Å². The Hall–Kier alpha value is -2.05. The number of anilines is 1. The third kappa shape index (κ3) is 3.74. The minimum atomic E-state index is -1.63. The maximum Gasteiger partial charge on any atom is 0.310 e. The molecule has 4 nitrogen and oxygen atoms in total. The van der Waals surface area contributed by atoms with Gasteiger partial charge in [-0.15, -0.1) is 0 Å². The van der Waals surface area contributed by atoms with E-state index in [9.17, 15) is 27.9 Å². The molecule has 0 saturated carbocycles. The van der Waals surface area contributed by atoms with E-state index in [1.807, 2.05) is 0 Å². The Morgan fingerprint density at radius 3 is 2.00 bits per heavy atom. The van der Waals surface area contributed by atoms with Gasteiger partial charge < -0.3 is 10.4 Å². The van der Waals surface area contributed by atoms with Crippen molar-refractivity contribution in [1.29, 1.82) is 0 Å². The molecule has 0 radical (unpaired) electrons. The van der Waals surface area contributed by atoms with Crippen LogP contribution in [0.1, 0.15) is 33.1 Å². The predicted octanol–water partition coefficient (Wildman–Crippen LogP) is 3.32. The van der Waals surface area contributed by atoms with Gasteiger partial charge in [-0.3, -0.25) is 9.59 Å². The van der Waals surface area contributed by atoms with E-state index in [0.29, 0.717) is 12.1 Å². The summed E-state index contributed by atoms with van der Waals surface area (Å²) in [5, 5.41) is 11.4. The van der Waals surface area contributed by atoms with Crippen LogP contribution >= 0.6 is 0 Å². The number of hydrogen-bond donors (Lipinski definition) is 2. The molecule has 0 unspecified atom stereocenters. The van der Waals surface area contributed by atoms with E-state index in [4.69, 9.17) is 0 Å². The van der Waals surface area contributed by atoms with E-state index >= 15 is 0 Å². The van der Waals surface area contributed by atoms with Crippen molar-refractivity contribution in [1.82, 2.24) is 0 Å². The molecule has 2 N–H and O–H groups in total. The minimum absolute atomic E-state index is 0.235. The lowest BCUT2D eigenvalue weighted by Gasteiger charge is -2.25. The number of benzene rings is 1. The second-order valence-electron chi connectivity index (χ2n) is 4.77. The Balaban J connectivity index is 2.89. The zero-order valence-electron chi connectivity index (χ0n) is 11.7. The van der Waals surface area contributed by atoms with Crippen molar-refractivity contribution in [3.63, 3.8) is 0 Å². The van der Waals surface area contributed by atoms with Crippen LogP contribution < -0.4 is 5.32 Å². The number of rotatable bonds is 6. The van der Waals surface area contributed by atoms with Gasteiger partial charge in [0.2, 0.25) is 5.91 Å². The zero-order valence-corrected chi connectivity index (χ0v) is 11.7. The second-order valence-corrected chi connectivity index (χ2v) is 4.77. The lowest BCUT2D eigenvalue weighted by molar-refractivity contribution is -0.151. The standard InChI is InChI=1S/C14H16F3NO3/c1-3-14(4-2,13(20)21)7-11(19)18-8-5-9(15)12(17)10(16)6-8/h5-6H,3-4,7H2,1-2H3,(H,18,19)(H,20,21). The van der Waals surface area contributed by atoms with Gasteiger partial charge in [-0.05, 0) is 12.8 Å². The van der Waals surface area contributed by atoms with E-state index in [1.165, 1.54) is 0 Å². The SMILES string of the molecule is CCC(CC)(CC(=O)Nc1cc(F)c(F)c(F)c1)C(=O)O.